The van der Waals surface area contributed by atoms with Crippen LogP contribution in [0.25, 0.3) is 0 Å². The fraction of sp³-hybridized carbons (Fsp3) is 0.429. The summed E-state index contributed by atoms with van der Waals surface area (Å²) in [5.41, 5.74) is 1.32. The molecule has 0 aliphatic carbocycles. The van der Waals surface area contributed by atoms with E-state index >= 15 is 0 Å². The van der Waals surface area contributed by atoms with Crippen molar-refractivity contribution >= 4 is 15.9 Å². The van der Waals surface area contributed by atoms with Crippen molar-refractivity contribution in [3.05, 3.63) is 22.2 Å². The zero-order chi connectivity index (χ0) is 6.57. The van der Waals surface area contributed by atoms with E-state index in [0.717, 1.165) is 0 Å². The average Bonchev–Trinajstić information content (AvgIpc) is 1.61. The van der Waals surface area contributed by atoms with Crippen LogP contribution < -0.4 is 0 Å². The van der Waals surface area contributed by atoms with Crippen molar-refractivity contribution in [2.24, 2.45) is 0 Å². The highest BCUT2D eigenvalue weighted by atomic mass is 79.9. The van der Waals surface area contributed by atoms with E-state index in [1.807, 2.05) is 13.0 Å². The molecule has 0 radical (unpaired) electrons. The van der Waals surface area contributed by atoms with E-state index in [-0.39, 0.29) is 0 Å². The summed E-state index contributed by atoms with van der Waals surface area (Å²) >= 11 is 3.32. The normalized spacial score (nSPS) is 11.2. The minimum Gasteiger partial charge on any atom is -0.0764 e. The molecule has 0 nitrogen and oxygen atoms in total. The molecule has 0 saturated heterocycles. The van der Waals surface area contributed by atoms with E-state index in [1.165, 1.54) is 10.1 Å². The molecule has 0 fully saturated rings. The second kappa shape index (κ2) is 3.90. The maximum atomic E-state index is 3.32. The van der Waals surface area contributed by atoms with Gasteiger partial charge in [0.1, 0.15) is 0 Å². The highest BCUT2D eigenvalue weighted by Crippen LogP contribution is 2.02. The summed E-state index contributed by atoms with van der Waals surface area (Å²) in [5, 5.41) is 0. The number of hydrogen-bond donors (Lipinski definition) is 0. The van der Waals surface area contributed by atoms with Crippen LogP contribution >= 0.6 is 15.9 Å². The molecule has 0 aliphatic rings. The minimum absolute atomic E-state index is 1.17. The molecule has 0 rings (SSSR count). The molecule has 0 aliphatic heterocycles. The molecule has 8 heavy (non-hydrogen) atoms. The summed E-state index contributed by atoms with van der Waals surface area (Å²) < 4.78 is 1.17. The van der Waals surface area contributed by atoms with Crippen LogP contribution in [0.5, 0.6) is 0 Å². The van der Waals surface area contributed by atoms with Crippen molar-refractivity contribution in [2.45, 2.75) is 20.8 Å². The summed E-state index contributed by atoms with van der Waals surface area (Å²) in [7, 11) is 0. The van der Waals surface area contributed by atoms with Gasteiger partial charge in [-0.2, -0.15) is 0 Å². The van der Waals surface area contributed by atoms with Gasteiger partial charge in [-0.1, -0.05) is 33.7 Å². The van der Waals surface area contributed by atoms with Gasteiger partial charge in [0.15, 0.2) is 0 Å². The Morgan fingerprint density at radius 1 is 1.12 bits per heavy atom. The van der Waals surface area contributed by atoms with Gasteiger partial charge in [-0.05, 0) is 25.3 Å². The average molecular weight is 175 g/mol. The quantitative estimate of drug-likeness (QED) is 0.536. The van der Waals surface area contributed by atoms with Crippen molar-refractivity contribution in [2.75, 3.05) is 0 Å². The number of rotatable bonds is 1. The summed E-state index contributed by atoms with van der Waals surface area (Å²) in [6, 6.07) is 0. The maximum absolute atomic E-state index is 3.32. The van der Waals surface area contributed by atoms with E-state index in [2.05, 4.69) is 35.9 Å². The molecular formula is C7H11Br. The lowest BCUT2D eigenvalue weighted by Gasteiger charge is -1.82. The summed E-state index contributed by atoms with van der Waals surface area (Å²) in [4.78, 5) is 0. The molecule has 1 heteroatoms. The lowest BCUT2D eigenvalue weighted by Crippen LogP contribution is -1.59. The van der Waals surface area contributed by atoms with Crippen LogP contribution in [0.1, 0.15) is 20.8 Å². The van der Waals surface area contributed by atoms with Crippen molar-refractivity contribution < 1.29 is 0 Å². The van der Waals surface area contributed by atoms with E-state index in [0.29, 0.717) is 0 Å². The van der Waals surface area contributed by atoms with Crippen LogP contribution in [-0.2, 0) is 0 Å². The molecule has 0 aromatic heterocycles. The van der Waals surface area contributed by atoms with Gasteiger partial charge in [0.05, 0.1) is 0 Å². The van der Waals surface area contributed by atoms with Crippen molar-refractivity contribution in [3.8, 4) is 0 Å². The first-order chi connectivity index (χ1) is 3.63. The molecule has 0 saturated carbocycles. The first-order valence-corrected chi connectivity index (χ1v) is 3.39. The smallest absolute Gasteiger partial charge is 0.00804 e. The molecule has 0 aromatic rings. The van der Waals surface area contributed by atoms with E-state index in [9.17, 15) is 0 Å². The second-order valence-electron chi connectivity index (χ2n) is 2.00. The molecule has 0 spiro atoms. The topological polar surface area (TPSA) is 0 Å². The van der Waals surface area contributed by atoms with Gasteiger partial charge in [-0.3, -0.25) is 0 Å². The number of hydrogen-bond acceptors (Lipinski definition) is 0. The molecule has 0 unspecified atom stereocenters. The Hall–Kier alpha value is -0.0400. The van der Waals surface area contributed by atoms with Gasteiger partial charge in [0.25, 0.3) is 0 Å². The predicted molar refractivity (Wildman–Crippen MR) is 42.1 cm³/mol. The first-order valence-electron chi connectivity index (χ1n) is 2.60. The van der Waals surface area contributed by atoms with Crippen molar-refractivity contribution in [1.29, 1.82) is 0 Å². The van der Waals surface area contributed by atoms with Gasteiger partial charge < -0.3 is 0 Å². The lowest BCUT2D eigenvalue weighted by atomic mass is 10.3. The Labute approximate surface area is 59.4 Å². The standard InChI is InChI=1S/C7H11Br/c1-6(2)4-5-7(3)8/h4-5H,1-3H3. The fourth-order valence-corrected chi connectivity index (χ4v) is 0.414. The van der Waals surface area contributed by atoms with Crippen LogP contribution in [0, 0.1) is 0 Å². The summed E-state index contributed by atoms with van der Waals surface area (Å²) in [6.45, 7) is 6.16. The van der Waals surface area contributed by atoms with Gasteiger partial charge in [0.2, 0.25) is 0 Å². The van der Waals surface area contributed by atoms with Crippen LogP contribution in [-0.4, -0.2) is 0 Å². The minimum atomic E-state index is 1.17. The Balaban J connectivity index is 3.76. The molecule has 46 valence electrons. The van der Waals surface area contributed by atoms with Crippen molar-refractivity contribution in [3.63, 3.8) is 0 Å². The summed E-state index contributed by atoms with van der Waals surface area (Å²) in [5.74, 6) is 0. The van der Waals surface area contributed by atoms with Gasteiger partial charge in [0, 0.05) is 0 Å². The first kappa shape index (κ1) is 7.96. The lowest BCUT2D eigenvalue weighted by molar-refractivity contribution is 1.39. The van der Waals surface area contributed by atoms with E-state index < -0.39 is 0 Å². The van der Waals surface area contributed by atoms with Gasteiger partial charge in [-0.15, -0.1) is 0 Å². The molecule has 0 atom stereocenters. The van der Waals surface area contributed by atoms with Crippen molar-refractivity contribution in [1.82, 2.24) is 0 Å². The zero-order valence-corrected chi connectivity index (χ0v) is 7.12. The van der Waals surface area contributed by atoms with Crippen LogP contribution in [0.15, 0.2) is 22.2 Å². The zero-order valence-electron chi connectivity index (χ0n) is 5.53. The Bertz CT molecular complexity index is 96.3. The van der Waals surface area contributed by atoms with Crippen LogP contribution in [0.2, 0.25) is 0 Å². The molecule has 0 bridgehead atoms. The Morgan fingerprint density at radius 3 is 1.75 bits per heavy atom. The Kier molecular flexibility index (Phi) is 3.88. The largest absolute Gasteiger partial charge is 0.0764 e. The highest BCUT2D eigenvalue weighted by Gasteiger charge is 1.73. The third kappa shape index (κ3) is 5.96. The Morgan fingerprint density at radius 2 is 1.62 bits per heavy atom. The number of allylic oxidation sites excluding steroid dienone is 4. The van der Waals surface area contributed by atoms with Gasteiger partial charge in [-0.25, -0.2) is 0 Å². The second-order valence-corrected chi connectivity index (χ2v) is 3.25. The van der Waals surface area contributed by atoms with Crippen LogP contribution in [0.4, 0.5) is 0 Å². The fourth-order valence-electron chi connectivity index (χ4n) is 0.281. The predicted octanol–water partition coefficient (Wildman–Crippen LogP) is 3.25. The SMILES string of the molecule is CC(C)=CC=C(C)Br. The highest BCUT2D eigenvalue weighted by molar-refractivity contribution is 9.11. The number of halogens is 1. The molecule has 0 heterocycles. The summed E-state index contributed by atoms with van der Waals surface area (Å²) in [6.07, 6.45) is 4.11. The van der Waals surface area contributed by atoms with Gasteiger partial charge >= 0.3 is 0 Å². The molecule has 0 aromatic carbocycles. The molecule has 0 amide bonds. The van der Waals surface area contributed by atoms with E-state index in [4.69, 9.17) is 0 Å². The third-order valence-corrected chi connectivity index (χ3v) is 0.911. The third-order valence-electron chi connectivity index (χ3n) is 0.646. The molecular weight excluding hydrogens is 164 g/mol. The monoisotopic (exact) mass is 174 g/mol. The maximum Gasteiger partial charge on any atom is -0.00804 e. The van der Waals surface area contributed by atoms with Crippen LogP contribution in [0.3, 0.4) is 0 Å². The van der Waals surface area contributed by atoms with E-state index in [1.54, 1.807) is 0 Å². The molecule has 0 N–H and O–H groups in total.